The van der Waals surface area contributed by atoms with Crippen LogP contribution in [0.15, 0.2) is 36.4 Å². The van der Waals surface area contributed by atoms with Gasteiger partial charge in [0.15, 0.2) is 0 Å². The van der Waals surface area contributed by atoms with E-state index in [-0.39, 0.29) is 5.82 Å². The van der Waals surface area contributed by atoms with Crippen molar-refractivity contribution in [3.63, 3.8) is 0 Å². The minimum atomic E-state index is -0.311. The number of para-hydroxylation sites is 1. The monoisotopic (exact) mass is 362 g/mol. The van der Waals surface area contributed by atoms with E-state index in [0.717, 1.165) is 0 Å². The zero-order chi connectivity index (χ0) is 12.4. The molecule has 0 saturated carbocycles. The molecular weight excluding hydrogens is 354 g/mol. The van der Waals surface area contributed by atoms with Gasteiger partial charge in [-0.3, -0.25) is 0 Å². The van der Waals surface area contributed by atoms with Gasteiger partial charge in [-0.1, -0.05) is 23.7 Å². The number of rotatable bonds is 2. The van der Waals surface area contributed by atoms with E-state index in [1.807, 2.05) is 34.7 Å². The minimum absolute atomic E-state index is 0.311. The lowest BCUT2D eigenvalue weighted by atomic mass is 10.2. The number of benzene rings is 2. The molecule has 0 fully saturated rings. The standard InChI is InChI=1S/C12H9ClFIN2/c13-7-3-1-2-4-11(7)17-12-5-8(14)9(15)6-10(12)16/h1-6,17H,16H2. The fourth-order valence-corrected chi connectivity index (χ4v) is 2.05. The first kappa shape index (κ1) is 12.4. The van der Waals surface area contributed by atoms with E-state index in [9.17, 15) is 4.39 Å². The summed E-state index contributed by atoms with van der Waals surface area (Å²) < 4.78 is 13.9. The van der Waals surface area contributed by atoms with Crippen molar-refractivity contribution in [1.82, 2.24) is 0 Å². The summed E-state index contributed by atoms with van der Waals surface area (Å²) in [6, 6.07) is 10.2. The van der Waals surface area contributed by atoms with E-state index in [1.165, 1.54) is 6.07 Å². The number of hydrogen-bond acceptors (Lipinski definition) is 2. The highest BCUT2D eigenvalue weighted by atomic mass is 127. The molecule has 2 rings (SSSR count). The van der Waals surface area contributed by atoms with Crippen molar-refractivity contribution in [3.8, 4) is 0 Å². The van der Waals surface area contributed by atoms with Crippen molar-refractivity contribution in [3.05, 3.63) is 50.8 Å². The lowest BCUT2D eigenvalue weighted by molar-refractivity contribution is 0.621. The number of nitrogens with one attached hydrogen (secondary N) is 1. The molecule has 0 bridgehead atoms. The van der Waals surface area contributed by atoms with Crippen LogP contribution in [0.3, 0.4) is 0 Å². The van der Waals surface area contributed by atoms with E-state index in [1.54, 1.807) is 18.2 Å². The van der Waals surface area contributed by atoms with E-state index < -0.39 is 0 Å². The third-order valence-electron chi connectivity index (χ3n) is 2.24. The largest absolute Gasteiger partial charge is 0.397 e. The predicted octanol–water partition coefficient (Wildman–Crippen LogP) is 4.41. The molecule has 0 aromatic heterocycles. The van der Waals surface area contributed by atoms with Crippen LogP contribution in [0.25, 0.3) is 0 Å². The minimum Gasteiger partial charge on any atom is -0.397 e. The van der Waals surface area contributed by atoms with Crippen LogP contribution in [0.1, 0.15) is 0 Å². The summed E-state index contributed by atoms with van der Waals surface area (Å²) >= 11 is 7.89. The van der Waals surface area contributed by atoms with Gasteiger partial charge in [0.05, 0.1) is 25.7 Å². The normalized spacial score (nSPS) is 10.3. The maximum atomic E-state index is 13.4. The number of nitrogens with two attached hydrogens (primary N) is 1. The molecule has 0 spiro atoms. The molecule has 0 saturated heterocycles. The van der Waals surface area contributed by atoms with Crippen LogP contribution in [0.2, 0.25) is 5.02 Å². The molecule has 88 valence electrons. The average Bonchev–Trinajstić information content (AvgIpc) is 2.29. The van der Waals surface area contributed by atoms with Crippen molar-refractivity contribution < 1.29 is 4.39 Å². The quantitative estimate of drug-likeness (QED) is 0.613. The van der Waals surface area contributed by atoms with Gasteiger partial charge in [0.25, 0.3) is 0 Å². The van der Waals surface area contributed by atoms with Gasteiger partial charge in [0.2, 0.25) is 0 Å². The highest BCUT2D eigenvalue weighted by Gasteiger charge is 2.07. The molecule has 0 atom stereocenters. The van der Waals surface area contributed by atoms with Gasteiger partial charge in [-0.2, -0.15) is 0 Å². The topological polar surface area (TPSA) is 38.0 Å². The van der Waals surface area contributed by atoms with Crippen LogP contribution in [-0.2, 0) is 0 Å². The zero-order valence-electron chi connectivity index (χ0n) is 8.68. The van der Waals surface area contributed by atoms with E-state index in [4.69, 9.17) is 17.3 Å². The summed E-state index contributed by atoms with van der Waals surface area (Å²) in [5.74, 6) is -0.311. The van der Waals surface area contributed by atoms with Gasteiger partial charge < -0.3 is 11.1 Å². The van der Waals surface area contributed by atoms with Gasteiger partial charge in [0, 0.05) is 6.07 Å². The Balaban J connectivity index is 2.37. The molecule has 2 aromatic rings. The fraction of sp³-hybridized carbons (Fsp3) is 0. The maximum Gasteiger partial charge on any atom is 0.138 e. The molecule has 0 heterocycles. The first-order valence-electron chi connectivity index (χ1n) is 4.84. The van der Waals surface area contributed by atoms with Gasteiger partial charge >= 0.3 is 0 Å². The Bertz CT molecular complexity index is 560. The summed E-state index contributed by atoms with van der Waals surface area (Å²) in [6.45, 7) is 0. The molecule has 0 amide bonds. The SMILES string of the molecule is Nc1cc(I)c(F)cc1Nc1ccccc1Cl. The molecule has 5 heteroatoms. The average molecular weight is 363 g/mol. The predicted molar refractivity (Wildman–Crippen MR) is 78.3 cm³/mol. The summed E-state index contributed by atoms with van der Waals surface area (Å²) in [4.78, 5) is 0. The summed E-state index contributed by atoms with van der Waals surface area (Å²) in [6.07, 6.45) is 0. The first-order valence-corrected chi connectivity index (χ1v) is 6.29. The lowest BCUT2D eigenvalue weighted by Gasteiger charge is -2.11. The summed E-state index contributed by atoms with van der Waals surface area (Å²) in [7, 11) is 0. The molecule has 0 aliphatic heterocycles. The number of hydrogen-bond donors (Lipinski definition) is 2. The van der Waals surface area contributed by atoms with Gasteiger partial charge in [-0.25, -0.2) is 4.39 Å². The van der Waals surface area contributed by atoms with Crippen LogP contribution in [0.5, 0.6) is 0 Å². The Labute approximate surface area is 117 Å². The third-order valence-corrected chi connectivity index (χ3v) is 3.39. The fourth-order valence-electron chi connectivity index (χ4n) is 1.38. The molecule has 0 unspecified atom stereocenters. The van der Waals surface area contributed by atoms with Crippen molar-refractivity contribution in [2.75, 3.05) is 11.1 Å². The van der Waals surface area contributed by atoms with Gasteiger partial charge in [-0.05, 0) is 40.8 Å². The van der Waals surface area contributed by atoms with Crippen molar-refractivity contribution in [1.29, 1.82) is 0 Å². The second kappa shape index (κ2) is 5.10. The van der Waals surface area contributed by atoms with E-state index >= 15 is 0 Å². The van der Waals surface area contributed by atoms with Crippen molar-refractivity contribution in [2.45, 2.75) is 0 Å². The second-order valence-corrected chi connectivity index (χ2v) is 5.03. The Morgan fingerprint density at radius 1 is 1.18 bits per heavy atom. The smallest absolute Gasteiger partial charge is 0.138 e. The summed E-state index contributed by atoms with van der Waals surface area (Å²) in [5, 5.41) is 3.57. The molecule has 0 radical (unpaired) electrons. The summed E-state index contributed by atoms with van der Waals surface area (Å²) in [5.41, 5.74) is 7.50. The molecule has 17 heavy (non-hydrogen) atoms. The molecule has 3 N–H and O–H groups in total. The second-order valence-electron chi connectivity index (χ2n) is 3.46. The highest BCUT2D eigenvalue weighted by molar-refractivity contribution is 14.1. The van der Waals surface area contributed by atoms with E-state index in [0.29, 0.717) is 25.7 Å². The van der Waals surface area contributed by atoms with E-state index in [2.05, 4.69) is 5.32 Å². The third kappa shape index (κ3) is 2.81. The lowest BCUT2D eigenvalue weighted by Crippen LogP contribution is -1.99. The number of nitrogen functional groups attached to an aromatic ring is 1. The van der Waals surface area contributed by atoms with Crippen LogP contribution >= 0.6 is 34.2 Å². The molecule has 0 aliphatic rings. The number of halogens is 3. The Morgan fingerprint density at radius 2 is 1.88 bits per heavy atom. The van der Waals surface area contributed by atoms with Crippen molar-refractivity contribution in [2.24, 2.45) is 0 Å². The van der Waals surface area contributed by atoms with Crippen LogP contribution < -0.4 is 11.1 Å². The van der Waals surface area contributed by atoms with Crippen LogP contribution in [0, 0.1) is 9.39 Å². The molecule has 0 aliphatic carbocycles. The Hall–Kier alpha value is -1.01. The molecule has 2 aromatic carbocycles. The highest BCUT2D eigenvalue weighted by Crippen LogP contribution is 2.30. The number of anilines is 3. The van der Waals surface area contributed by atoms with Gasteiger partial charge in [-0.15, -0.1) is 0 Å². The Kier molecular flexibility index (Phi) is 3.73. The first-order chi connectivity index (χ1) is 8.08. The van der Waals surface area contributed by atoms with Crippen molar-refractivity contribution >= 4 is 51.3 Å². The van der Waals surface area contributed by atoms with Crippen LogP contribution in [-0.4, -0.2) is 0 Å². The molecule has 2 nitrogen and oxygen atoms in total. The Morgan fingerprint density at radius 3 is 2.59 bits per heavy atom. The molecular formula is C12H9ClFIN2. The maximum absolute atomic E-state index is 13.4. The zero-order valence-corrected chi connectivity index (χ0v) is 11.6. The van der Waals surface area contributed by atoms with Crippen LogP contribution in [0.4, 0.5) is 21.5 Å². The van der Waals surface area contributed by atoms with Gasteiger partial charge in [0.1, 0.15) is 5.82 Å².